The zero-order valence-corrected chi connectivity index (χ0v) is 12.8. The lowest BCUT2D eigenvalue weighted by atomic mass is 9.76. The van der Waals surface area contributed by atoms with Crippen LogP contribution in [0.1, 0.15) is 57.6 Å². The monoisotopic (exact) mass is 276 g/mol. The molecule has 0 heterocycles. The summed E-state index contributed by atoms with van der Waals surface area (Å²) in [5, 5.41) is 8.77. The summed E-state index contributed by atoms with van der Waals surface area (Å²) in [7, 11) is 0. The molecule has 0 radical (unpaired) electrons. The molecule has 3 nitrogen and oxygen atoms in total. The van der Waals surface area contributed by atoms with Crippen LogP contribution in [0, 0.1) is 5.41 Å². The fraction of sp³-hybridized carbons (Fsp3) is 0.529. The van der Waals surface area contributed by atoms with Gasteiger partial charge in [-0.2, -0.15) is 0 Å². The van der Waals surface area contributed by atoms with E-state index in [0.29, 0.717) is 5.92 Å². The highest BCUT2D eigenvalue weighted by Crippen LogP contribution is 2.34. The number of hydrogen-bond acceptors (Lipinski definition) is 2. The van der Waals surface area contributed by atoms with Crippen molar-refractivity contribution in [3.8, 4) is 0 Å². The molecule has 0 aliphatic carbocycles. The van der Waals surface area contributed by atoms with E-state index in [9.17, 15) is 9.59 Å². The van der Waals surface area contributed by atoms with Crippen molar-refractivity contribution in [1.82, 2.24) is 0 Å². The number of carboxylic acids is 1. The van der Waals surface area contributed by atoms with E-state index in [0.717, 1.165) is 18.4 Å². The highest BCUT2D eigenvalue weighted by atomic mass is 16.4. The lowest BCUT2D eigenvalue weighted by Gasteiger charge is -2.27. The van der Waals surface area contributed by atoms with Crippen LogP contribution >= 0.6 is 0 Å². The van der Waals surface area contributed by atoms with Crippen LogP contribution in [-0.4, -0.2) is 16.9 Å². The molecule has 0 amide bonds. The molecule has 1 aromatic rings. The first-order valence-corrected chi connectivity index (χ1v) is 7.08. The Morgan fingerprint density at radius 1 is 1.20 bits per heavy atom. The summed E-state index contributed by atoms with van der Waals surface area (Å²) in [5.41, 5.74) is 1.67. The van der Waals surface area contributed by atoms with E-state index in [2.05, 4.69) is 6.92 Å². The van der Waals surface area contributed by atoms with Crippen molar-refractivity contribution in [2.45, 2.75) is 52.9 Å². The molecule has 0 saturated carbocycles. The number of benzene rings is 1. The predicted octanol–water partition coefficient (Wildman–Crippen LogP) is 3.81. The molecule has 1 atom stereocenters. The van der Waals surface area contributed by atoms with Crippen LogP contribution < -0.4 is 0 Å². The first-order valence-electron chi connectivity index (χ1n) is 7.08. The molecule has 0 fully saturated rings. The average Bonchev–Trinajstić information content (AvgIpc) is 2.36. The van der Waals surface area contributed by atoms with Gasteiger partial charge in [0.2, 0.25) is 0 Å². The Morgan fingerprint density at radius 2 is 1.75 bits per heavy atom. The van der Waals surface area contributed by atoms with Crippen LogP contribution in [0.25, 0.3) is 0 Å². The van der Waals surface area contributed by atoms with Crippen LogP contribution in [0.5, 0.6) is 0 Å². The number of carbonyl (C=O) groups is 2. The molecule has 0 spiro atoms. The Morgan fingerprint density at radius 3 is 2.15 bits per heavy atom. The van der Waals surface area contributed by atoms with Crippen molar-refractivity contribution in [3.63, 3.8) is 0 Å². The van der Waals surface area contributed by atoms with E-state index in [-0.39, 0.29) is 17.6 Å². The highest BCUT2D eigenvalue weighted by molar-refractivity contribution is 5.81. The maximum Gasteiger partial charge on any atom is 0.307 e. The molecule has 20 heavy (non-hydrogen) atoms. The van der Waals surface area contributed by atoms with E-state index >= 15 is 0 Å². The second-order valence-electron chi connectivity index (χ2n) is 6.06. The van der Waals surface area contributed by atoms with Crippen molar-refractivity contribution in [3.05, 3.63) is 35.4 Å². The highest BCUT2D eigenvalue weighted by Gasteiger charge is 2.27. The summed E-state index contributed by atoms with van der Waals surface area (Å²) in [6.07, 6.45) is 1.84. The largest absolute Gasteiger partial charge is 0.481 e. The van der Waals surface area contributed by atoms with Crippen LogP contribution in [0.2, 0.25) is 0 Å². The maximum absolute atomic E-state index is 11.7. The van der Waals surface area contributed by atoms with Crippen molar-refractivity contribution < 1.29 is 14.7 Å². The second-order valence-corrected chi connectivity index (χ2v) is 6.06. The normalized spacial score (nSPS) is 13.0. The smallest absolute Gasteiger partial charge is 0.307 e. The van der Waals surface area contributed by atoms with E-state index < -0.39 is 5.97 Å². The summed E-state index contributed by atoms with van der Waals surface area (Å²) in [6, 6.07) is 7.71. The van der Waals surface area contributed by atoms with Gasteiger partial charge in [0.15, 0.2) is 0 Å². The van der Waals surface area contributed by atoms with Gasteiger partial charge in [0.1, 0.15) is 5.78 Å². The van der Waals surface area contributed by atoms with E-state index in [1.54, 1.807) is 6.92 Å². The third-order valence-electron chi connectivity index (χ3n) is 4.01. The van der Waals surface area contributed by atoms with Crippen LogP contribution in [-0.2, 0) is 16.0 Å². The number of Topliss-reactive ketones (excluding diaryl/α,β-unsaturated/α-hetero) is 1. The molecular formula is C17H24O3. The quantitative estimate of drug-likeness (QED) is 0.823. The zero-order chi connectivity index (χ0) is 15.3. The minimum absolute atomic E-state index is 0.0516. The van der Waals surface area contributed by atoms with E-state index in [1.165, 1.54) is 5.56 Å². The van der Waals surface area contributed by atoms with Gasteiger partial charge in [-0.15, -0.1) is 0 Å². The molecule has 0 aromatic heterocycles. The molecule has 1 aromatic carbocycles. The Hall–Kier alpha value is -1.64. The van der Waals surface area contributed by atoms with Gasteiger partial charge in [-0.25, -0.2) is 0 Å². The molecule has 110 valence electrons. The van der Waals surface area contributed by atoms with Crippen LogP contribution in [0.4, 0.5) is 0 Å². The van der Waals surface area contributed by atoms with Gasteiger partial charge in [-0.05, 0) is 36.8 Å². The van der Waals surface area contributed by atoms with Gasteiger partial charge in [-0.3, -0.25) is 9.59 Å². The number of hydrogen-bond donors (Lipinski definition) is 1. The summed E-state index contributed by atoms with van der Waals surface area (Å²) < 4.78 is 0. The first-order chi connectivity index (χ1) is 9.26. The van der Waals surface area contributed by atoms with Gasteiger partial charge >= 0.3 is 5.97 Å². The fourth-order valence-corrected chi connectivity index (χ4v) is 2.34. The van der Waals surface area contributed by atoms with Gasteiger partial charge in [-0.1, -0.05) is 45.0 Å². The molecule has 0 aliphatic heterocycles. The molecule has 1 N–H and O–H groups in total. The third kappa shape index (κ3) is 4.48. The molecule has 0 aliphatic rings. The summed E-state index contributed by atoms with van der Waals surface area (Å²) in [5.74, 6) is -0.284. The lowest BCUT2D eigenvalue weighted by molar-refractivity contribution is -0.136. The minimum atomic E-state index is -0.817. The molecule has 0 saturated heterocycles. The number of carbonyl (C=O) groups excluding carboxylic acids is 1. The van der Waals surface area contributed by atoms with E-state index in [4.69, 9.17) is 5.11 Å². The number of aliphatic carboxylic acids is 1. The van der Waals surface area contributed by atoms with Crippen molar-refractivity contribution >= 4 is 11.8 Å². The van der Waals surface area contributed by atoms with Crippen LogP contribution in [0.3, 0.4) is 0 Å². The summed E-state index contributed by atoms with van der Waals surface area (Å²) in [4.78, 5) is 22.3. The maximum atomic E-state index is 11.7. The lowest BCUT2D eigenvalue weighted by Crippen LogP contribution is -2.24. The Balaban J connectivity index is 2.85. The Kier molecular flexibility index (Phi) is 5.49. The average molecular weight is 276 g/mol. The summed E-state index contributed by atoms with van der Waals surface area (Å²) in [6.45, 7) is 7.72. The summed E-state index contributed by atoms with van der Waals surface area (Å²) >= 11 is 0. The Bertz CT molecular complexity index is 472. The first kappa shape index (κ1) is 16.4. The zero-order valence-electron chi connectivity index (χ0n) is 12.8. The molecular weight excluding hydrogens is 252 g/mol. The predicted molar refractivity (Wildman–Crippen MR) is 79.9 cm³/mol. The Labute approximate surface area is 121 Å². The van der Waals surface area contributed by atoms with Crippen LogP contribution in [0.15, 0.2) is 24.3 Å². The third-order valence-corrected chi connectivity index (χ3v) is 4.01. The second kappa shape index (κ2) is 6.69. The van der Waals surface area contributed by atoms with E-state index in [1.807, 2.05) is 38.1 Å². The van der Waals surface area contributed by atoms with Gasteiger partial charge < -0.3 is 5.11 Å². The van der Waals surface area contributed by atoms with Gasteiger partial charge in [0.25, 0.3) is 0 Å². The topological polar surface area (TPSA) is 54.4 Å². The van der Waals surface area contributed by atoms with Gasteiger partial charge in [0.05, 0.1) is 6.42 Å². The number of carboxylic acid groups (broad SMARTS) is 1. The van der Waals surface area contributed by atoms with Crippen molar-refractivity contribution in [1.29, 1.82) is 0 Å². The minimum Gasteiger partial charge on any atom is -0.481 e. The molecule has 3 heteroatoms. The standard InChI is InChI=1S/C17H24O3/c1-5-14(11-17(3,4)12(2)18)15-8-6-13(7-9-15)10-16(19)20/h6-9,14H,5,10-11H2,1-4H3,(H,19,20). The molecule has 0 bridgehead atoms. The SMILES string of the molecule is CCC(CC(C)(C)C(C)=O)c1ccc(CC(=O)O)cc1. The fourth-order valence-electron chi connectivity index (χ4n) is 2.34. The number of rotatable bonds is 7. The number of ketones is 1. The molecule has 1 unspecified atom stereocenters. The molecule has 1 rings (SSSR count). The van der Waals surface area contributed by atoms with Gasteiger partial charge in [0, 0.05) is 5.41 Å². The van der Waals surface area contributed by atoms with Crippen molar-refractivity contribution in [2.75, 3.05) is 0 Å². The van der Waals surface area contributed by atoms with Crippen molar-refractivity contribution in [2.24, 2.45) is 5.41 Å².